The number of benzene rings is 4. The Kier molecular flexibility index (Phi) is 6.62. The second-order valence-corrected chi connectivity index (χ2v) is 8.80. The third kappa shape index (κ3) is 5.44. The number of hydrogen-bond acceptors (Lipinski definition) is 2. The molecule has 2 N–H and O–H groups in total. The van der Waals surface area contributed by atoms with Gasteiger partial charge in [-0.25, -0.2) is 0 Å². The first kappa shape index (κ1) is 22.5. The van der Waals surface area contributed by atoms with E-state index in [4.69, 9.17) is 5.11 Å². The number of rotatable bonds is 9. The molecule has 0 atom stereocenters. The first-order valence-corrected chi connectivity index (χ1v) is 11.9. The van der Waals surface area contributed by atoms with E-state index in [-0.39, 0.29) is 6.42 Å². The van der Waals surface area contributed by atoms with Crippen molar-refractivity contribution in [3.63, 3.8) is 0 Å². The van der Waals surface area contributed by atoms with E-state index in [0.717, 1.165) is 24.3 Å². The van der Waals surface area contributed by atoms with Crippen LogP contribution in [0.1, 0.15) is 23.1 Å². The van der Waals surface area contributed by atoms with E-state index in [1.54, 1.807) is 0 Å². The number of aryl methyl sites for hydroxylation is 1. The molecular formula is C31H28N2O2. The summed E-state index contributed by atoms with van der Waals surface area (Å²) in [4.78, 5) is 10.7. The highest BCUT2D eigenvalue weighted by molar-refractivity contribution is 5.87. The van der Waals surface area contributed by atoms with Crippen LogP contribution in [0.15, 0.2) is 109 Å². The number of anilines is 1. The minimum Gasteiger partial charge on any atom is -0.481 e. The summed E-state index contributed by atoms with van der Waals surface area (Å²) in [5, 5.41) is 13.5. The molecule has 1 heterocycles. The molecular weight excluding hydrogens is 432 g/mol. The molecule has 0 saturated carbocycles. The standard InChI is InChI=1S/C31H28N2O2/c34-31(35)19-16-23-14-17-28(18-15-23)32-21-24-10-12-25(13-11-24)22-33-29-9-5-4-8-27(29)20-30(33)26-6-2-1-3-7-26/h1-15,17-18,20,32H,16,19,21-22H2,(H,34,35). The monoisotopic (exact) mass is 460 g/mol. The molecule has 0 radical (unpaired) electrons. The van der Waals surface area contributed by atoms with E-state index in [9.17, 15) is 4.79 Å². The fraction of sp³-hybridized carbons (Fsp3) is 0.129. The van der Waals surface area contributed by atoms with Crippen molar-refractivity contribution < 1.29 is 9.90 Å². The van der Waals surface area contributed by atoms with Crippen molar-refractivity contribution in [3.8, 4) is 11.3 Å². The van der Waals surface area contributed by atoms with Gasteiger partial charge in [-0.3, -0.25) is 4.79 Å². The molecule has 4 nitrogen and oxygen atoms in total. The fourth-order valence-corrected chi connectivity index (χ4v) is 4.42. The number of hydrogen-bond donors (Lipinski definition) is 2. The topological polar surface area (TPSA) is 54.3 Å². The van der Waals surface area contributed by atoms with Gasteiger partial charge in [0.05, 0.1) is 0 Å². The highest BCUT2D eigenvalue weighted by atomic mass is 16.4. The van der Waals surface area contributed by atoms with Crippen molar-refractivity contribution in [2.75, 3.05) is 5.32 Å². The zero-order chi connectivity index (χ0) is 24.0. The predicted molar refractivity (Wildman–Crippen MR) is 143 cm³/mol. The van der Waals surface area contributed by atoms with Gasteiger partial charge in [0.1, 0.15) is 0 Å². The van der Waals surface area contributed by atoms with E-state index in [1.165, 1.54) is 33.3 Å². The number of aromatic nitrogens is 1. The molecule has 0 saturated heterocycles. The van der Waals surface area contributed by atoms with E-state index < -0.39 is 5.97 Å². The summed E-state index contributed by atoms with van der Waals surface area (Å²) in [5.74, 6) is -0.767. The SMILES string of the molecule is O=C(O)CCc1ccc(NCc2ccc(Cn3c(-c4ccccc4)cc4ccccc43)cc2)cc1. The van der Waals surface area contributed by atoms with Crippen LogP contribution in [-0.4, -0.2) is 15.6 Å². The first-order chi connectivity index (χ1) is 17.2. The Bertz CT molecular complexity index is 1420. The molecule has 0 aliphatic carbocycles. The summed E-state index contributed by atoms with van der Waals surface area (Å²) in [7, 11) is 0. The molecule has 0 aliphatic rings. The van der Waals surface area contributed by atoms with Crippen LogP contribution in [0.3, 0.4) is 0 Å². The summed E-state index contributed by atoms with van der Waals surface area (Å²) in [6.07, 6.45) is 0.713. The van der Waals surface area contributed by atoms with Crippen LogP contribution < -0.4 is 5.32 Å². The molecule has 0 spiro atoms. The van der Waals surface area contributed by atoms with E-state index in [0.29, 0.717) is 6.42 Å². The molecule has 4 heteroatoms. The lowest BCUT2D eigenvalue weighted by Crippen LogP contribution is -2.03. The molecule has 5 rings (SSSR count). The Balaban J connectivity index is 1.27. The predicted octanol–water partition coefficient (Wildman–Crippen LogP) is 6.99. The van der Waals surface area contributed by atoms with Crippen LogP contribution in [0.2, 0.25) is 0 Å². The molecule has 4 aromatic carbocycles. The lowest BCUT2D eigenvalue weighted by molar-refractivity contribution is -0.136. The van der Waals surface area contributed by atoms with E-state index in [2.05, 4.69) is 94.8 Å². The highest BCUT2D eigenvalue weighted by Gasteiger charge is 2.11. The van der Waals surface area contributed by atoms with E-state index in [1.807, 2.05) is 24.3 Å². The van der Waals surface area contributed by atoms with Gasteiger partial charge in [-0.15, -0.1) is 0 Å². The highest BCUT2D eigenvalue weighted by Crippen LogP contribution is 2.29. The Hall–Kier alpha value is -4.31. The van der Waals surface area contributed by atoms with Gasteiger partial charge in [0.15, 0.2) is 0 Å². The zero-order valence-corrected chi connectivity index (χ0v) is 19.5. The largest absolute Gasteiger partial charge is 0.481 e. The van der Waals surface area contributed by atoms with Crippen molar-refractivity contribution in [1.82, 2.24) is 4.57 Å². The zero-order valence-electron chi connectivity index (χ0n) is 19.5. The summed E-state index contributed by atoms with van der Waals surface area (Å²) in [6, 6.07) is 38.1. The molecule has 0 fully saturated rings. The Morgan fingerprint density at radius 3 is 2.14 bits per heavy atom. The minimum atomic E-state index is -0.767. The van der Waals surface area contributed by atoms with Gasteiger partial charge in [0, 0.05) is 41.8 Å². The summed E-state index contributed by atoms with van der Waals surface area (Å²) in [6.45, 7) is 1.54. The smallest absolute Gasteiger partial charge is 0.303 e. The maximum absolute atomic E-state index is 10.7. The van der Waals surface area contributed by atoms with Gasteiger partial charge in [-0.1, -0.05) is 84.9 Å². The number of carbonyl (C=O) groups is 1. The van der Waals surface area contributed by atoms with Gasteiger partial charge in [0.25, 0.3) is 0 Å². The number of para-hydroxylation sites is 1. The third-order valence-corrected chi connectivity index (χ3v) is 6.32. The first-order valence-electron chi connectivity index (χ1n) is 11.9. The van der Waals surface area contributed by atoms with Crippen molar-refractivity contribution in [2.24, 2.45) is 0 Å². The number of nitrogens with one attached hydrogen (secondary N) is 1. The van der Waals surface area contributed by atoms with Gasteiger partial charge in [0.2, 0.25) is 0 Å². The summed E-state index contributed by atoms with van der Waals surface area (Å²) >= 11 is 0. The Morgan fingerprint density at radius 2 is 1.40 bits per heavy atom. The molecule has 35 heavy (non-hydrogen) atoms. The number of fused-ring (bicyclic) bond motifs is 1. The molecule has 5 aromatic rings. The molecule has 0 aliphatic heterocycles. The van der Waals surface area contributed by atoms with Gasteiger partial charge >= 0.3 is 5.97 Å². The lowest BCUT2D eigenvalue weighted by Gasteiger charge is -2.12. The van der Waals surface area contributed by atoms with Gasteiger partial charge in [-0.2, -0.15) is 0 Å². The van der Waals surface area contributed by atoms with Crippen molar-refractivity contribution in [1.29, 1.82) is 0 Å². The third-order valence-electron chi connectivity index (χ3n) is 6.32. The van der Waals surface area contributed by atoms with Crippen LogP contribution >= 0.6 is 0 Å². The van der Waals surface area contributed by atoms with Crippen LogP contribution in [0.4, 0.5) is 5.69 Å². The fourth-order valence-electron chi connectivity index (χ4n) is 4.42. The number of carboxylic acids is 1. The Morgan fingerprint density at radius 1 is 0.743 bits per heavy atom. The molecule has 174 valence electrons. The molecule has 0 amide bonds. The maximum atomic E-state index is 10.7. The lowest BCUT2D eigenvalue weighted by atomic mass is 10.1. The summed E-state index contributed by atoms with van der Waals surface area (Å²) < 4.78 is 2.39. The second-order valence-electron chi connectivity index (χ2n) is 8.80. The second kappa shape index (κ2) is 10.3. The average Bonchev–Trinajstić information content (AvgIpc) is 3.26. The summed E-state index contributed by atoms with van der Waals surface area (Å²) in [5.41, 5.74) is 8.22. The number of carboxylic acid groups (broad SMARTS) is 1. The van der Waals surface area contributed by atoms with Crippen LogP contribution in [0.25, 0.3) is 22.2 Å². The van der Waals surface area contributed by atoms with Crippen molar-refractivity contribution >= 4 is 22.6 Å². The maximum Gasteiger partial charge on any atom is 0.303 e. The van der Waals surface area contributed by atoms with E-state index >= 15 is 0 Å². The minimum absolute atomic E-state index is 0.158. The number of nitrogens with zero attached hydrogens (tertiary/aromatic N) is 1. The van der Waals surface area contributed by atoms with Crippen molar-refractivity contribution in [3.05, 3.63) is 126 Å². The van der Waals surface area contributed by atoms with Gasteiger partial charge < -0.3 is 15.0 Å². The molecule has 0 bridgehead atoms. The van der Waals surface area contributed by atoms with Crippen LogP contribution in [0.5, 0.6) is 0 Å². The molecule has 1 aromatic heterocycles. The Labute approximate surface area is 205 Å². The van der Waals surface area contributed by atoms with Crippen molar-refractivity contribution in [2.45, 2.75) is 25.9 Å². The van der Waals surface area contributed by atoms with Gasteiger partial charge in [-0.05, 0) is 52.9 Å². The average molecular weight is 461 g/mol. The van der Waals surface area contributed by atoms with Crippen LogP contribution in [-0.2, 0) is 24.3 Å². The normalized spacial score (nSPS) is 11.0. The quantitative estimate of drug-likeness (QED) is 0.249. The van der Waals surface area contributed by atoms with Crippen LogP contribution in [0, 0.1) is 0 Å². The number of aliphatic carboxylic acids is 1. The molecule has 0 unspecified atom stereocenters.